The van der Waals surface area contributed by atoms with Crippen molar-refractivity contribution in [3.05, 3.63) is 95.4 Å². The Morgan fingerprint density at radius 2 is 1.58 bits per heavy atom. The van der Waals surface area contributed by atoms with Gasteiger partial charge < -0.3 is 10.1 Å². The zero-order valence-electron chi connectivity index (χ0n) is 17.7. The molecule has 4 rings (SSSR count). The number of imide groups is 1. The second kappa shape index (κ2) is 8.82. The Bertz CT molecular complexity index is 1270. The van der Waals surface area contributed by atoms with Crippen LogP contribution in [0.3, 0.4) is 0 Å². The number of hydrogen-bond acceptors (Lipinski definition) is 4. The van der Waals surface area contributed by atoms with Crippen LogP contribution in [0.25, 0.3) is 5.57 Å². The van der Waals surface area contributed by atoms with Crippen LogP contribution in [0.2, 0.25) is 0 Å². The minimum Gasteiger partial charge on any atom is -0.491 e. The van der Waals surface area contributed by atoms with Gasteiger partial charge in [0.15, 0.2) is 11.6 Å². The minimum absolute atomic E-state index is 0.00471. The van der Waals surface area contributed by atoms with Crippen molar-refractivity contribution in [2.75, 3.05) is 10.2 Å². The van der Waals surface area contributed by atoms with Crippen molar-refractivity contribution in [3.8, 4) is 5.75 Å². The molecule has 0 bridgehead atoms. The first-order valence-corrected chi connectivity index (χ1v) is 10.1. The summed E-state index contributed by atoms with van der Waals surface area (Å²) in [5.41, 5.74) is 0.374. The molecule has 0 unspecified atom stereocenters. The summed E-state index contributed by atoms with van der Waals surface area (Å²) >= 11 is 0. The molecule has 0 spiro atoms. The van der Waals surface area contributed by atoms with Gasteiger partial charge in [0.2, 0.25) is 0 Å². The number of amides is 2. The molecule has 1 N–H and O–H groups in total. The van der Waals surface area contributed by atoms with Crippen molar-refractivity contribution in [2.45, 2.75) is 20.0 Å². The highest BCUT2D eigenvalue weighted by atomic mass is 19.2. The van der Waals surface area contributed by atoms with Crippen molar-refractivity contribution in [1.29, 1.82) is 0 Å². The monoisotopic (exact) mass is 452 g/mol. The normalized spacial score (nSPS) is 13.8. The van der Waals surface area contributed by atoms with Gasteiger partial charge in [-0.1, -0.05) is 18.2 Å². The number of halogens is 3. The van der Waals surface area contributed by atoms with Crippen LogP contribution < -0.4 is 15.0 Å². The fraction of sp³-hybridized carbons (Fsp3) is 0.120. The van der Waals surface area contributed by atoms with Crippen LogP contribution in [0.5, 0.6) is 5.75 Å². The number of nitrogens with one attached hydrogen (secondary N) is 1. The number of nitrogens with zero attached hydrogens (tertiary/aromatic N) is 1. The molecule has 0 radical (unpaired) electrons. The molecule has 5 nitrogen and oxygen atoms in total. The van der Waals surface area contributed by atoms with Crippen LogP contribution in [0.15, 0.2) is 72.4 Å². The van der Waals surface area contributed by atoms with Gasteiger partial charge in [0.25, 0.3) is 11.8 Å². The smallest absolute Gasteiger partial charge is 0.282 e. The average Bonchev–Trinajstić information content (AvgIpc) is 3.00. The molecule has 0 fully saturated rings. The fourth-order valence-electron chi connectivity index (χ4n) is 3.45. The summed E-state index contributed by atoms with van der Waals surface area (Å²) in [6.07, 6.45) is -0.0566. The fourth-order valence-corrected chi connectivity index (χ4v) is 3.45. The largest absolute Gasteiger partial charge is 0.491 e. The lowest BCUT2D eigenvalue weighted by molar-refractivity contribution is -0.120. The molecule has 168 valence electrons. The molecule has 0 saturated carbocycles. The standard InChI is InChI=1S/C25H19F3N2O3/c1-14(2)33-19-9-6-15(7-10-19)22-23(29-17-8-11-20(27)21(28)13-17)25(32)30(24(22)31)18-5-3-4-16(26)12-18/h3-14,29H,1-2H3. The van der Waals surface area contributed by atoms with Gasteiger partial charge in [-0.2, -0.15) is 0 Å². The molecule has 1 aliphatic heterocycles. The number of benzene rings is 3. The first kappa shape index (κ1) is 22.1. The Morgan fingerprint density at radius 1 is 0.848 bits per heavy atom. The number of carbonyl (C=O) groups is 2. The van der Waals surface area contributed by atoms with Crippen molar-refractivity contribution in [3.63, 3.8) is 0 Å². The van der Waals surface area contributed by atoms with Crippen molar-refractivity contribution < 1.29 is 27.5 Å². The lowest BCUT2D eigenvalue weighted by atomic mass is 10.0. The minimum atomic E-state index is -1.11. The van der Waals surface area contributed by atoms with Gasteiger partial charge in [0, 0.05) is 11.8 Å². The van der Waals surface area contributed by atoms with Gasteiger partial charge in [0.05, 0.1) is 17.4 Å². The molecule has 3 aromatic rings. The molecule has 3 aromatic carbocycles. The summed E-state index contributed by atoms with van der Waals surface area (Å²) < 4.78 is 46.5. The van der Waals surface area contributed by atoms with E-state index in [4.69, 9.17) is 4.74 Å². The third kappa shape index (κ3) is 4.45. The van der Waals surface area contributed by atoms with E-state index in [0.29, 0.717) is 11.3 Å². The maximum absolute atomic E-state index is 13.8. The van der Waals surface area contributed by atoms with Crippen LogP contribution in [-0.4, -0.2) is 17.9 Å². The van der Waals surface area contributed by atoms with Crippen molar-refractivity contribution in [1.82, 2.24) is 0 Å². The highest BCUT2D eigenvalue weighted by Gasteiger charge is 2.40. The van der Waals surface area contributed by atoms with E-state index in [2.05, 4.69) is 5.32 Å². The summed E-state index contributed by atoms with van der Waals surface area (Å²) in [4.78, 5) is 27.4. The van der Waals surface area contributed by atoms with Gasteiger partial charge in [-0.25, -0.2) is 18.1 Å². The van der Waals surface area contributed by atoms with E-state index < -0.39 is 29.3 Å². The summed E-state index contributed by atoms with van der Waals surface area (Å²) in [5, 5.41) is 2.73. The summed E-state index contributed by atoms with van der Waals surface area (Å²) in [7, 11) is 0. The Labute approximate surface area is 188 Å². The van der Waals surface area contributed by atoms with Gasteiger partial charge in [-0.15, -0.1) is 0 Å². The molecule has 33 heavy (non-hydrogen) atoms. The summed E-state index contributed by atoms with van der Waals surface area (Å²) in [6, 6.07) is 14.6. The maximum atomic E-state index is 13.8. The van der Waals surface area contributed by atoms with Gasteiger partial charge in [0.1, 0.15) is 17.3 Å². The van der Waals surface area contributed by atoms with E-state index in [1.54, 1.807) is 24.3 Å². The molecule has 2 amide bonds. The summed E-state index contributed by atoms with van der Waals surface area (Å²) in [5.74, 6) is -3.65. The first-order valence-electron chi connectivity index (χ1n) is 10.1. The number of anilines is 2. The third-order valence-corrected chi connectivity index (χ3v) is 4.85. The number of rotatable bonds is 6. The molecule has 1 aliphatic rings. The zero-order valence-corrected chi connectivity index (χ0v) is 17.7. The number of carbonyl (C=O) groups excluding carboxylic acids is 2. The highest BCUT2D eigenvalue weighted by molar-refractivity contribution is 6.46. The molecular weight excluding hydrogens is 433 g/mol. The van der Waals surface area contributed by atoms with E-state index in [1.165, 1.54) is 24.3 Å². The molecular formula is C25H19F3N2O3. The Hall–Kier alpha value is -4.07. The first-order chi connectivity index (χ1) is 15.7. The molecule has 0 aromatic heterocycles. The number of ether oxygens (including phenoxy) is 1. The van der Waals surface area contributed by atoms with Crippen LogP contribution in [0.1, 0.15) is 19.4 Å². The summed E-state index contributed by atoms with van der Waals surface area (Å²) in [6.45, 7) is 3.74. The lowest BCUT2D eigenvalue weighted by Crippen LogP contribution is -2.32. The van der Waals surface area contributed by atoms with Crippen LogP contribution in [-0.2, 0) is 9.59 Å². The topological polar surface area (TPSA) is 58.6 Å². The van der Waals surface area contributed by atoms with E-state index >= 15 is 0 Å². The second-order valence-electron chi connectivity index (χ2n) is 7.62. The van der Waals surface area contributed by atoms with Gasteiger partial charge in [-0.3, -0.25) is 9.59 Å². The predicted octanol–water partition coefficient (Wildman–Crippen LogP) is 5.29. The van der Waals surface area contributed by atoms with Crippen molar-refractivity contribution >= 4 is 28.8 Å². The molecule has 8 heteroatoms. The zero-order chi connectivity index (χ0) is 23.7. The van der Waals surface area contributed by atoms with E-state index in [0.717, 1.165) is 23.1 Å². The van der Waals surface area contributed by atoms with Gasteiger partial charge >= 0.3 is 0 Å². The predicted molar refractivity (Wildman–Crippen MR) is 118 cm³/mol. The Morgan fingerprint density at radius 3 is 2.21 bits per heavy atom. The number of hydrogen-bond donors (Lipinski definition) is 1. The Balaban J connectivity index is 1.79. The molecule has 1 heterocycles. The average molecular weight is 452 g/mol. The van der Waals surface area contributed by atoms with E-state index in [1.807, 2.05) is 13.8 Å². The highest BCUT2D eigenvalue weighted by Crippen LogP contribution is 2.34. The van der Waals surface area contributed by atoms with Crippen molar-refractivity contribution in [2.24, 2.45) is 0 Å². The molecule has 0 saturated heterocycles. The molecule has 0 atom stereocenters. The van der Waals surface area contributed by atoms with Crippen LogP contribution in [0, 0.1) is 17.5 Å². The SMILES string of the molecule is CC(C)Oc1ccc(C2=C(Nc3ccc(F)c(F)c3)C(=O)N(c3cccc(F)c3)C2=O)cc1. The quantitative estimate of drug-likeness (QED) is 0.517. The lowest BCUT2D eigenvalue weighted by Gasteiger charge is -2.15. The van der Waals surface area contributed by atoms with Crippen LogP contribution in [0.4, 0.5) is 24.5 Å². The molecule has 0 aliphatic carbocycles. The van der Waals surface area contributed by atoms with E-state index in [9.17, 15) is 22.8 Å². The maximum Gasteiger partial charge on any atom is 0.282 e. The second-order valence-corrected chi connectivity index (χ2v) is 7.62. The Kier molecular flexibility index (Phi) is 5.91. The van der Waals surface area contributed by atoms with Crippen LogP contribution >= 0.6 is 0 Å². The van der Waals surface area contributed by atoms with E-state index in [-0.39, 0.29) is 28.7 Å². The third-order valence-electron chi connectivity index (χ3n) is 4.85. The van der Waals surface area contributed by atoms with Gasteiger partial charge in [-0.05, 0) is 61.9 Å².